The summed E-state index contributed by atoms with van der Waals surface area (Å²) in [4.78, 5) is 15.1. The highest BCUT2D eigenvalue weighted by Gasteiger charge is 2.26. The largest absolute Gasteiger partial charge is 0.480 e. The zero-order valence-corrected chi connectivity index (χ0v) is 14.8. The predicted molar refractivity (Wildman–Crippen MR) is 91.2 cm³/mol. The van der Waals surface area contributed by atoms with E-state index in [2.05, 4.69) is 26.8 Å². The van der Waals surface area contributed by atoms with Crippen molar-refractivity contribution in [2.24, 2.45) is 5.92 Å². The summed E-state index contributed by atoms with van der Waals surface area (Å²) in [6, 6.07) is 0. The number of hydrogen-bond donors (Lipinski definition) is 0. The number of rotatable bonds is 3. The molecule has 0 bridgehead atoms. The van der Waals surface area contributed by atoms with Crippen molar-refractivity contribution in [3.8, 4) is 5.88 Å². The van der Waals surface area contributed by atoms with Crippen molar-refractivity contribution >= 4 is 40.1 Å². The number of thioether (sulfide) groups is 1. The molecule has 1 aliphatic rings. The Balaban J connectivity index is 2.28. The molecule has 2 aromatic rings. The van der Waals surface area contributed by atoms with Crippen LogP contribution in [0.25, 0.3) is 10.9 Å². The van der Waals surface area contributed by atoms with Crippen LogP contribution in [0, 0.1) is 11.7 Å². The third-order valence-electron chi connectivity index (χ3n) is 4.00. The predicted octanol–water partition coefficient (Wildman–Crippen LogP) is 3.78. The first-order chi connectivity index (χ1) is 11.0. The smallest absolute Gasteiger partial charge is 0.228 e. The Morgan fingerprint density at radius 2 is 2.13 bits per heavy atom. The highest BCUT2D eigenvalue weighted by atomic mass is 35.5. The first-order valence-electron chi connectivity index (χ1n) is 7.44. The molecule has 124 valence electrons. The maximum Gasteiger partial charge on any atom is 0.228 e. The van der Waals surface area contributed by atoms with E-state index in [4.69, 9.17) is 16.3 Å². The Bertz CT molecular complexity index is 745. The van der Waals surface area contributed by atoms with E-state index in [1.807, 2.05) is 6.26 Å². The first kappa shape index (κ1) is 16.5. The molecule has 0 aromatic carbocycles. The highest BCUT2D eigenvalue weighted by Crippen LogP contribution is 2.37. The molecule has 0 spiro atoms. The summed E-state index contributed by atoms with van der Waals surface area (Å²) < 4.78 is 19.8. The van der Waals surface area contributed by atoms with Gasteiger partial charge in [-0.1, -0.05) is 30.3 Å². The van der Waals surface area contributed by atoms with Gasteiger partial charge in [0.2, 0.25) is 5.88 Å². The fourth-order valence-corrected chi connectivity index (χ4v) is 3.45. The van der Waals surface area contributed by atoms with Crippen LogP contribution in [0.3, 0.4) is 0 Å². The lowest BCUT2D eigenvalue weighted by Gasteiger charge is -2.32. The molecule has 1 unspecified atom stereocenters. The lowest BCUT2D eigenvalue weighted by atomic mass is 10.00. The van der Waals surface area contributed by atoms with Crippen LogP contribution in [0.1, 0.15) is 19.8 Å². The molecule has 5 nitrogen and oxygen atoms in total. The minimum absolute atomic E-state index is 0.162. The Morgan fingerprint density at radius 1 is 1.35 bits per heavy atom. The van der Waals surface area contributed by atoms with Gasteiger partial charge in [0, 0.05) is 13.1 Å². The van der Waals surface area contributed by atoms with Gasteiger partial charge in [0.05, 0.1) is 7.11 Å². The van der Waals surface area contributed by atoms with Gasteiger partial charge in [0.1, 0.15) is 16.7 Å². The number of aromatic nitrogens is 3. The Hall–Kier alpha value is -1.34. The van der Waals surface area contributed by atoms with Crippen molar-refractivity contribution in [1.82, 2.24) is 15.0 Å². The van der Waals surface area contributed by atoms with Crippen molar-refractivity contribution in [2.75, 3.05) is 31.4 Å². The fourth-order valence-electron chi connectivity index (χ4n) is 2.93. The average Bonchev–Trinajstić information content (AvgIpc) is 2.57. The summed E-state index contributed by atoms with van der Waals surface area (Å²) in [5, 5.41) is 0.758. The van der Waals surface area contributed by atoms with Crippen LogP contribution in [0.4, 0.5) is 10.2 Å². The third-order valence-corrected chi connectivity index (χ3v) is 4.80. The first-order valence-corrected chi connectivity index (χ1v) is 9.05. The molecule has 0 radical (unpaired) electrons. The third kappa shape index (κ3) is 3.04. The number of anilines is 1. The van der Waals surface area contributed by atoms with Crippen LogP contribution >= 0.6 is 23.4 Å². The summed E-state index contributed by atoms with van der Waals surface area (Å²) in [6.07, 6.45) is 4.12. The van der Waals surface area contributed by atoms with Gasteiger partial charge in [-0.25, -0.2) is 14.4 Å². The molecule has 0 aliphatic carbocycles. The molecule has 1 atom stereocenters. The molecule has 0 N–H and O–H groups in total. The molecule has 0 saturated carbocycles. The number of fused-ring (bicyclic) bond motifs is 1. The van der Waals surface area contributed by atoms with Crippen LogP contribution in [0.5, 0.6) is 5.88 Å². The van der Waals surface area contributed by atoms with E-state index >= 15 is 0 Å². The van der Waals surface area contributed by atoms with Crippen LogP contribution in [0.15, 0.2) is 5.16 Å². The van der Waals surface area contributed by atoms with E-state index in [1.165, 1.54) is 25.3 Å². The summed E-state index contributed by atoms with van der Waals surface area (Å²) in [7, 11) is 1.49. The second-order valence-electron chi connectivity index (χ2n) is 5.68. The second kappa shape index (κ2) is 6.65. The number of hydrogen-bond acceptors (Lipinski definition) is 6. The van der Waals surface area contributed by atoms with Crippen molar-refractivity contribution in [2.45, 2.75) is 24.9 Å². The number of ether oxygens (including phenoxy) is 1. The standard InChI is InChI=1S/C15H18ClFN4OS/c1-8-5-4-6-21(7-8)13-9-11(18-15(20-13)23-3)10(17)12(16)19-14(9)22-2/h8H,4-7H2,1-3H3. The van der Waals surface area contributed by atoms with E-state index in [1.54, 1.807) is 0 Å². The number of piperidine rings is 1. The summed E-state index contributed by atoms with van der Waals surface area (Å²) >= 11 is 7.25. The molecular weight excluding hydrogens is 339 g/mol. The molecule has 1 saturated heterocycles. The number of pyridine rings is 1. The zero-order chi connectivity index (χ0) is 16.6. The number of methoxy groups -OCH3 is 1. The molecule has 1 aliphatic heterocycles. The van der Waals surface area contributed by atoms with E-state index in [9.17, 15) is 4.39 Å². The molecule has 1 fully saturated rings. The maximum absolute atomic E-state index is 14.5. The van der Waals surface area contributed by atoms with E-state index in [-0.39, 0.29) is 16.5 Å². The van der Waals surface area contributed by atoms with Gasteiger partial charge in [-0.05, 0) is 25.0 Å². The lowest BCUT2D eigenvalue weighted by molar-refractivity contribution is 0.401. The molecule has 23 heavy (non-hydrogen) atoms. The molecule has 3 rings (SSSR count). The Labute approximate surface area is 143 Å². The van der Waals surface area contributed by atoms with Crippen LogP contribution in [-0.4, -0.2) is 41.4 Å². The molecule has 3 heterocycles. The van der Waals surface area contributed by atoms with Crippen LogP contribution in [-0.2, 0) is 0 Å². The summed E-state index contributed by atoms with van der Waals surface area (Å²) in [5.74, 6) is 0.854. The van der Waals surface area contributed by atoms with Crippen LogP contribution < -0.4 is 9.64 Å². The number of halogens is 2. The van der Waals surface area contributed by atoms with Gasteiger partial charge >= 0.3 is 0 Å². The monoisotopic (exact) mass is 356 g/mol. The quantitative estimate of drug-likeness (QED) is 0.474. The zero-order valence-electron chi connectivity index (χ0n) is 13.3. The normalized spacial score (nSPS) is 18.5. The van der Waals surface area contributed by atoms with E-state index < -0.39 is 5.82 Å². The van der Waals surface area contributed by atoms with Crippen molar-refractivity contribution < 1.29 is 9.13 Å². The second-order valence-corrected chi connectivity index (χ2v) is 6.81. The molecule has 0 amide bonds. The van der Waals surface area contributed by atoms with Crippen LogP contribution in [0.2, 0.25) is 5.15 Å². The summed E-state index contributed by atoms with van der Waals surface area (Å²) in [6.45, 7) is 3.95. The molecule has 8 heteroatoms. The van der Waals surface area contributed by atoms with Crippen molar-refractivity contribution in [1.29, 1.82) is 0 Å². The minimum atomic E-state index is -0.633. The van der Waals surface area contributed by atoms with E-state index in [0.29, 0.717) is 22.3 Å². The average molecular weight is 357 g/mol. The van der Waals surface area contributed by atoms with Gasteiger partial charge < -0.3 is 9.64 Å². The summed E-state index contributed by atoms with van der Waals surface area (Å²) in [5.41, 5.74) is 0.162. The molecular formula is C15H18ClFN4OS. The topological polar surface area (TPSA) is 51.1 Å². The highest BCUT2D eigenvalue weighted by molar-refractivity contribution is 7.98. The van der Waals surface area contributed by atoms with Gasteiger partial charge in [-0.3, -0.25) is 0 Å². The Kier molecular flexibility index (Phi) is 4.77. The lowest BCUT2D eigenvalue weighted by Crippen LogP contribution is -2.35. The van der Waals surface area contributed by atoms with Crippen molar-refractivity contribution in [3.63, 3.8) is 0 Å². The minimum Gasteiger partial charge on any atom is -0.480 e. The van der Waals surface area contributed by atoms with Crippen molar-refractivity contribution in [3.05, 3.63) is 11.0 Å². The number of nitrogens with zero attached hydrogens (tertiary/aromatic N) is 4. The molecule has 2 aromatic heterocycles. The van der Waals surface area contributed by atoms with Gasteiger partial charge in [-0.15, -0.1) is 0 Å². The maximum atomic E-state index is 14.5. The fraction of sp³-hybridized carbons (Fsp3) is 0.533. The van der Waals surface area contributed by atoms with E-state index in [0.717, 1.165) is 19.5 Å². The van der Waals surface area contributed by atoms with Gasteiger partial charge in [-0.2, -0.15) is 4.98 Å². The van der Waals surface area contributed by atoms with Gasteiger partial charge in [0.25, 0.3) is 0 Å². The Morgan fingerprint density at radius 3 is 2.78 bits per heavy atom. The van der Waals surface area contributed by atoms with Gasteiger partial charge in [0.15, 0.2) is 16.1 Å². The SMILES string of the molecule is COc1nc(Cl)c(F)c2nc(SC)nc(N3CCCC(C)C3)c12.